The van der Waals surface area contributed by atoms with Crippen LogP contribution in [0.15, 0.2) is 176 Å². The molecule has 11 aromatic rings. The van der Waals surface area contributed by atoms with Crippen molar-refractivity contribution in [2.45, 2.75) is 0 Å². The third kappa shape index (κ3) is 4.65. The van der Waals surface area contributed by atoms with Crippen LogP contribution < -0.4 is 4.90 Å². The van der Waals surface area contributed by atoms with Gasteiger partial charge in [0.2, 0.25) is 0 Å². The Hall–Kier alpha value is -5.78. The SMILES string of the molecule is c1ccc(-c2cc(N(c3ccc4c(c3)sc3ccccc34)c3ccc(-c4ccccc4)c4sc5ccccc5c34)c3c(c2)sc2ccccc23)cc1. The van der Waals surface area contributed by atoms with Gasteiger partial charge >= 0.3 is 0 Å². The molecule has 1 nitrogen and oxygen atoms in total. The highest BCUT2D eigenvalue weighted by molar-refractivity contribution is 7.27. The second-order valence-electron chi connectivity index (χ2n) is 13.2. The Morgan fingerprint density at radius 1 is 0.327 bits per heavy atom. The van der Waals surface area contributed by atoms with Crippen LogP contribution in [0.1, 0.15) is 0 Å². The first kappa shape index (κ1) is 29.9. The fourth-order valence-corrected chi connectivity index (χ4v) is 11.5. The Kier molecular flexibility index (Phi) is 6.84. The Morgan fingerprint density at radius 3 is 1.65 bits per heavy atom. The van der Waals surface area contributed by atoms with E-state index in [1.807, 2.05) is 34.0 Å². The van der Waals surface area contributed by atoms with E-state index in [0.717, 1.165) is 5.69 Å². The average molecular weight is 716 g/mol. The molecule has 3 heterocycles. The molecule has 8 aromatic carbocycles. The van der Waals surface area contributed by atoms with Gasteiger partial charge in [0.1, 0.15) is 0 Å². The molecule has 0 saturated heterocycles. The first-order valence-electron chi connectivity index (χ1n) is 17.5. The van der Waals surface area contributed by atoms with Crippen molar-refractivity contribution in [2.24, 2.45) is 0 Å². The molecule has 0 fully saturated rings. The lowest BCUT2D eigenvalue weighted by Crippen LogP contribution is -2.11. The molecule has 0 aliphatic rings. The zero-order valence-electron chi connectivity index (χ0n) is 27.9. The van der Waals surface area contributed by atoms with Crippen LogP contribution in [0.3, 0.4) is 0 Å². The Balaban J connectivity index is 1.29. The summed E-state index contributed by atoms with van der Waals surface area (Å²) in [6.07, 6.45) is 0. The van der Waals surface area contributed by atoms with Gasteiger partial charge in [-0.25, -0.2) is 0 Å². The van der Waals surface area contributed by atoms with Gasteiger partial charge in [0.15, 0.2) is 0 Å². The molecule has 4 heteroatoms. The predicted molar refractivity (Wildman–Crippen MR) is 231 cm³/mol. The van der Waals surface area contributed by atoms with Gasteiger partial charge < -0.3 is 4.90 Å². The van der Waals surface area contributed by atoms with Crippen molar-refractivity contribution in [3.05, 3.63) is 176 Å². The lowest BCUT2D eigenvalue weighted by molar-refractivity contribution is 1.33. The maximum absolute atomic E-state index is 2.56. The van der Waals surface area contributed by atoms with Crippen LogP contribution in [0.4, 0.5) is 17.1 Å². The molecule has 0 aliphatic heterocycles. The maximum atomic E-state index is 2.56. The number of hydrogen-bond acceptors (Lipinski definition) is 4. The van der Waals surface area contributed by atoms with Crippen molar-refractivity contribution >= 4 is 112 Å². The molecule has 0 saturated carbocycles. The van der Waals surface area contributed by atoms with E-state index in [1.165, 1.54) is 94.1 Å². The zero-order chi connectivity index (χ0) is 34.2. The van der Waals surface area contributed by atoms with Gasteiger partial charge in [0.25, 0.3) is 0 Å². The number of nitrogens with zero attached hydrogens (tertiary/aromatic N) is 1. The standard InChI is InChI=1S/C48H29NS3/c1-3-13-30(14-4-1)32-27-40(46-37-18-8-11-21-42(37)51-45(46)28-32)49(33-23-24-36-35-17-7-10-20-41(35)50-44(36)29-33)39-26-25-34(31-15-5-2-6-16-31)48-47(39)38-19-9-12-22-43(38)52-48/h1-29H. The molecule has 0 amide bonds. The smallest absolute Gasteiger partial charge is 0.0561 e. The van der Waals surface area contributed by atoms with Gasteiger partial charge in [-0.2, -0.15) is 0 Å². The quantitative estimate of drug-likeness (QED) is 0.171. The Morgan fingerprint density at radius 2 is 0.904 bits per heavy atom. The van der Waals surface area contributed by atoms with Crippen molar-refractivity contribution in [2.75, 3.05) is 4.90 Å². The summed E-state index contributed by atoms with van der Waals surface area (Å²) < 4.78 is 7.81. The highest BCUT2D eigenvalue weighted by atomic mass is 32.1. The molecule has 0 bridgehead atoms. The summed E-state index contributed by atoms with van der Waals surface area (Å²) in [7, 11) is 0. The minimum Gasteiger partial charge on any atom is -0.309 e. The largest absolute Gasteiger partial charge is 0.309 e. The molecule has 3 aromatic heterocycles. The molecule has 0 spiro atoms. The minimum absolute atomic E-state index is 1.16. The van der Waals surface area contributed by atoms with Crippen molar-refractivity contribution in [1.82, 2.24) is 0 Å². The summed E-state index contributed by atoms with van der Waals surface area (Å²) in [6, 6.07) is 64.9. The molecule has 0 N–H and O–H groups in total. The molecule has 11 rings (SSSR count). The molecule has 0 atom stereocenters. The molecular formula is C48H29NS3. The third-order valence-electron chi connectivity index (χ3n) is 10.3. The van der Waals surface area contributed by atoms with Gasteiger partial charge in [-0.1, -0.05) is 127 Å². The van der Waals surface area contributed by atoms with E-state index in [0.29, 0.717) is 0 Å². The number of rotatable bonds is 5. The van der Waals surface area contributed by atoms with Crippen LogP contribution in [-0.4, -0.2) is 0 Å². The van der Waals surface area contributed by atoms with Crippen LogP contribution in [0.25, 0.3) is 82.8 Å². The van der Waals surface area contributed by atoms with Gasteiger partial charge in [-0.3, -0.25) is 0 Å². The van der Waals surface area contributed by atoms with Crippen molar-refractivity contribution in [1.29, 1.82) is 0 Å². The van der Waals surface area contributed by atoms with E-state index in [-0.39, 0.29) is 0 Å². The summed E-state index contributed by atoms with van der Waals surface area (Å²) in [5.74, 6) is 0. The van der Waals surface area contributed by atoms with Crippen molar-refractivity contribution < 1.29 is 0 Å². The van der Waals surface area contributed by atoms with Gasteiger partial charge in [0, 0.05) is 66.2 Å². The van der Waals surface area contributed by atoms with Crippen LogP contribution in [0.2, 0.25) is 0 Å². The normalized spacial score (nSPS) is 11.8. The van der Waals surface area contributed by atoms with E-state index in [9.17, 15) is 0 Å². The third-order valence-corrected chi connectivity index (χ3v) is 13.7. The molecule has 0 unspecified atom stereocenters. The minimum atomic E-state index is 1.16. The van der Waals surface area contributed by atoms with E-state index < -0.39 is 0 Å². The second-order valence-corrected chi connectivity index (χ2v) is 16.5. The fourth-order valence-electron chi connectivity index (χ4n) is 7.91. The number of thiophene rings is 3. The Bertz CT molecular complexity index is 3130. The molecule has 0 radical (unpaired) electrons. The molecular weight excluding hydrogens is 687 g/mol. The highest BCUT2D eigenvalue weighted by Gasteiger charge is 2.25. The number of hydrogen-bond donors (Lipinski definition) is 0. The van der Waals surface area contributed by atoms with Crippen LogP contribution in [0.5, 0.6) is 0 Å². The van der Waals surface area contributed by atoms with E-state index in [1.54, 1.807) is 0 Å². The fraction of sp³-hybridized carbons (Fsp3) is 0. The molecule has 52 heavy (non-hydrogen) atoms. The number of fused-ring (bicyclic) bond motifs is 9. The number of anilines is 3. The zero-order valence-corrected chi connectivity index (χ0v) is 30.4. The lowest BCUT2D eigenvalue weighted by atomic mass is 9.98. The summed E-state index contributed by atoms with van der Waals surface area (Å²) in [5.41, 5.74) is 8.48. The highest BCUT2D eigenvalue weighted by Crippen LogP contribution is 2.52. The van der Waals surface area contributed by atoms with Crippen LogP contribution in [-0.2, 0) is 0 Å². The number of benzene rings is 8. The van der Waals surface area contributed by atoms with Crippen molar-refractivity contribution in [3.8, 4) is 22.3 Å². The maximum Gasteiger partial charge on any atom is 0.0561 e. The Labute approximate surface area is 312 Å². The van der Waals surface area contributed by atoms with Crippen LogP contribution >= 0.6 is 34.0 Å². The van der Waals surface area contributed by atoms with E-state index in [4.69, 9.17) is 0 Å². The van der Waals surface area contributed by atoms with Gasteiger partial charge in [-0.05, 0) is 70.8 Å². The van der Waals surface area contributed by atoms with E-state index in [2.05, 4.69) is 181 Å². The van der Waals surface area contributed by atoms with Crippen LogP contribution in [0, 0.1) is 0 Å². The topological polar surface area (TPSA) is 3.24 Å². The summed E-state index contributed by atoms with van der Waals surface area (Å²) in [5, 5.41) is 7.77. The summed E-state index contributed by atoms with van der Waals surface area (Å²) in [6.45, 7) is 0. The monoisotopic (exact) mass is 715 g/mol. The second kappa shape index (κ2) is 11.9. The van der Waals surface area contributed by atoms with Gasteiger partial charge in [-0.15, -0.1) is 34.0 Å². The summed E-state index contributed by atoms with van der Waals surface area (Å²) in [4.78, 5) is 2.56. The first-order valence-corrected chi connectivity index (χ1v) is 20.0. The van der Waals surface area contributed by atoms with Gasteiger partial charge in [0.05, 0.1) is 11.4 Å². The van der Waals surface area contributed by atoms with E-state index >= 15 is 0 Å². The van der Waals surface area contributed by atoms with Crippen molar-refractivity contribution in [3.63, 3.8) is 0 Å². The summed E-state index contributed by atoms with van der Waals surface area (Å²) >= 11 is 5.66. The molecule has 0 aliphatic carbocycles. The molecule has 244 valence electrons. The predicted octanol–water partition coefficient (Wildman–Crippen LogP) is 15.6. The first-order chi connectivity index (χ1) is 25.8. The average Bonchev–Trinajstić information content (AvgIpc) is 3.90. The lowest BCUT2D eigenvalue weighted by Gasteiger charge is -2.28.